The Morgan fingerprint density at radius 1 is 1.00 bits per heavy atom. The van der Waals surface area contributed by atoms with Gasteiger partial charge in [-0.25, -0.2) is 4.79 Å². The van der Waals surface area contributed by atoms with Crippen molar-refractivity contribution in [2.24, 2.45) is 0 Å². The number of alkyl carbamates (subject to hydrolysis) is 1. The molecule has 2 fully saturated rings. The summed E-state index contributed by atoms with van der Waals surface area (Å²) in [7, 11) is 0. The summed E-state index contributed by atoms with van der Waals surface area (Å²) in [5.74, 6) is -0.787. The van der Waals surface area contributed by atoms with Gasteiger partial charge >= 0.3 is 12.1 Å². The largest absolute Gasteiger partial charge is 0.491 e. The first-order valence-electron chi connectivity index (χ1n) is 14.8. The maximum Gasteiger partial charge on any atom is 0.407 e. The molecule has 2 bridgehead atoms. The summed E-state index contributed by atoms with van der Waals surface area (Å²) >= 11 is 0. The predicted molar refractivity (Wildman–Crippen MR) is 165 cm³/mol. The number of carboxylic acids is 1. The molecule has 45 heavy (non-hydrogen) atoms. The molecular weight excluding hydrogens is 582 g/mol. The van der Waals surface area contributed by atoms with E-state index in [-0.39, 0.29) is 31.3 Å². The lowest BCUT2D eigenvalue weighted by molar-refractivity contribution is -0.142. The number of carbonyl (C=O) groups is 3. The number of morpholine rings is 2. The van der Waals surface area contributed by atoms with Gasteiger partial charge in [0, 0.05) is 51.4 Å². The minimum absolute atomic E-state index is 0.0793. The summed E-state index contributed by atoms with van der Waals surface area (Å²) in [5, 5.41) is 32.6. The van der Waals surface area contributed by atoms with E-state index in [1.54, 1.807) is 54.6 Å². The molecule has 2 aliphatic heterocycles. The van der Waals surface area contributed by atoms with Crippen LogP contribution in [0.25, 0.3) is 0 Å². The summed E-state index contributed by atoms with van der Waals surface area (Å²) in [6, 6.07) is 17.4. The number of carboxylic acid groups (broad SMARTS) is 1. The standard InChI is InChI=1S/C23H34N4O5.C9H9NO3/c1-23(2,3)32-22(29)25-8-9-26-12-20-14-27(15-21(13-26)31-20)11-18(28)16-30-19-6-4-17(10-24)5-7-19;11-8(12)6-10-9(13)7-4-2-1-3-5-7/h4-7,18,20-21,28H,8-9,11-16H2,1-3H3,(H,25,29);1-5H,6H2,(H,10,13)(H,11,12)/t18-,20?,21?;/m0./s1. The van der Waals surface area contributed by atoms with Crippen LogP contribution in [0.1, 0.15) is 36.7 Å². The van der Waals surface area contributed by atoms with Gasteiger partial charge in [-0.2, -0.15) is 5.26 Å². The SMILES string of the molecule is CC(C)(C)OC(=O)NCCN1CC2CN(C[C@H](O)COc3ccc(C#N)cc3)CC(C1)O2.O=C(O)CNC(=O)c1ccccc1. The molecule has 13 nitrogen and oxygen atoms in total. The second-order valence-electron chi connectivity index (χ2n) is 11.8. The fourth-order valence-corrected chi connectivity index (χ4v) is 4.84. The first-order chi connectivity index (χ1) is 21.4. The molecule has 2 aliphatic rings. The molecular formula is C32H43N5O8. The van der Waals surface area contributed by atoms with Crippen LogP contribution in [0.4, 0.5) is 4.79 Å². The zero-order valence-electron chi connectivity index (χ0n) is 26.0. The Hall–Kier alpha value is -4.22. The van der Waals surface area contributed by atoms with Crippen molar-refractivity contribution < 1.29 is 38.8 Å². The van der Waals surface area contributed by atoms with Crippen LogP contribution >= 0.6 is 0 Å². The summed E-state index contributed by atoms with van der Waals surface area (Å²) in [5.41, 5.74) is 0.539. The molecule has 4 rings (SSSR count). The summed E-state index contributed by atoms with van der Waals surface area (Å²) in [6.07, 6.45) is -0.848. The van der Waals surface area contributed by atoms with Crippen LogP contribution in [-0.4, -0.2) is 121 Å². The van der Waals surface area contributed by atoms with Crippen molar-refractivity contribution in [3.63, 3.8) is 0 Å². The highest BCUT2D eigenvalue weighted by molar-refractivity contribution is 5.95. The molecule has 2 amide bonds. The number of hydrogen-bond acceptors (Lipinski definition) is 10. The molecule has 4 N–H and O–H groups in total. The minimum Gasteiger partial charge on any atom is -0.491 e. The van der Waals surface area contributed by atoms with Gasteiger partial charge in [-0.05, 0) is 57.2 Å². The first kappa shape index (κ1) is 35.3. The predicted octanol–water partition coefficient (Wildman–Crippen LogP) is 1.71. The topological polar surface area (TPSA) is 174 Å². The number of nitrogens with one attached hydrogen (secondary N) is 2. The molecule has 13 heteroatoms. The highest BCUT2D eigenvalue weighted by Crippen LogP contribution is 2.19. The Morgan fingerprint density at radius 3 is 2.20 bits per heavy atom. The molecule has 2 heterocycles. The van der Waals surface area contributed by atoms with E-state index in [1.807, 2.05) is 20.8 Å². The van der Waals surface area contributed by atoms with E-state index < -0.39 is 23.8 Å². The van der Waals surface area contributed by atoms with Gasteiger partial charge in [0.2, 0.25) is 0 Å². The van der Waals surface area contributed by atoms with E-state index >= 15 is 0 Å². The number of nitrogens with zero attached hydrogens (tertiary/aromatic N) is 3. The molecule has 2 unspecified atom stereocenters. The van der Waals surface area contributed by atoms with Crippen molar-refractivity contribution in [3.8, 4) is 11.8 Å². The highest BCUT2D eigenvalue weighted by Gasteiger charge is 2.35. The molecule has 2 saturated heterocycles. The van der Waals surface area contributed by atoms with Crippen molar-refractivity contribution in [1.82, 2.24) is 20.4 Å². The molecule has 0 radical (unpaired) electrons. The van der Waals surface area contributed by atoms with Crippen LogP contribution in [-0.2, 0) is 14.3 Å². The Balaban J connectivity index is 0.000000355. The second kappa shape index (κ2) is 17.3. The number of β-amino-alcohol motifs (C(OH)–C–C–N with tert-alkyl or cyclic N) is 1. The Labute approximate surface area is 263 Å². The van der Waals surface area contributed by atoms with Crippen molar-refractivity contribution in [2.75, 3.05) is 59.0 Å². The number of benzene rings is 2. The summed E-state index contributed by atoms with van der Waals surface area (Å²) in [4.78, 5) is 37.6. The smallest absolute Gasteiger partial charge is 0.407 e. The van der Waals surface area contributed by atoms with E-state index in [0.29, 0.717) is 30.0 Å². The molecule has 0 aliphatic carbocycles. The molecule has 2 aromatic rings. The highest BCUT2D eigenvalue weighted by atomic mass is 16.6. The number of fused-ring (bicyclic) bond motifs is 2. The van der Waals surface area contributed by atoms with Crippen molar-refractivity contribution in [2.45, 2.75) is 44.7 Å². The number of aliphatic hydroxyl groups is 1. The van der Waals surface area contributed by atoms with Crippen LogP contribution < -0.4 is 15.4 Å². The lowest BCUT2D eigenvalue weighted by Gasteiger charge is -2.46. The van der Waals surface area contributed by atoms with E-state index in [2.05, 4.69) is 26.5 Å². The number of amides is 2. The third-order valence-electron chi connectivity index (χ3n) is 6.66. The van der Waals surface area contributed by atoms with E-state index in [9.17, 15) is 19.5 Å². The quantitative estimate of drug-likeness (QED) is 0.286. The minimum atomic E-state index is -1.05. The Bertz CT molecular complexity index is 1270. The van der Waals surface area contributed by atoms with Crippen LogP contribution in [0, 0.1) is 11.3 Å². The maximum absolute atomic E-state index is 11.8. The Kier molecular flexibility index (Phi) is 13.6. The number of ether oxygens (including phenoxy) is 3. The zero-order valence-corrected chi connectivity index (χ0v) is 26.0. The van der Waals surface area contributed by atoms with E-state index in [4.69, 9.17) is 24.6 Å². The number of carbonyl (C=O) groups excluding carboxylic acids is 2. The molecule has 0 aromatic heterocycles. The van der Waals surface area contributed by atoms with Crippen molar-refractivity contribution >= 4 is 18.0 Å². The fraction of sp³-hybridized carbons (Fsp3) is 0.500. The second-order valence-corrected chi connectivity index (χ2v) is 11.8. The van der Waals surface area contributed by atoms with Crippen LogP contribution in [0.5, 0.6) is 5.75 Å². The number of aliphatic carboxylic acids is 1. The van der Waals surface area contributed by atoms with Gasteiger partial charge < -0.3 is 35.1 Å². The van der Waals surface area contributed by atoms with Gasteiger partial charge in [0.1, 0.15) is 30.6 Å². The van der Waals surface area contributed by atoms with Gasteiger partial charge in [-0.15, -0.1) is 0 Å². The van der Waals surface area contributed by atoms with Crippen LogP contribution in [0.15, 0.2) is 54.6 Å². The number of nitriles is 1. The van der Waals surface area contributed by atoms with Gasteiger partial charge in [0.15, 0.2) is 0 Å². The number of aliphatic hydroxyl groups excluding tert-OH is 1. The van der Waals surface area contributed by atoms with Gasteiger partial charge in [0.25, 0.3) is 5.91 Å². The molecule has 0 saturated carbocycles. The molecule has 2 aromatic carbocycles. The molecule has 3 atom stereocenters. The number of rotatable bonds is 11. The van der Waals surface area contributed by atoms with E-state index in [1.165, 1.54) is 0 Å². The van der Waals surface area contributed by atoms with Crippen LogP contribution in [0.2, 0.25) is 0 Å². The lowest BCUT2D eigenvalue weighted by atomic mass is 10.1. The first-order valence-corrected chi connectivity index (χ1v) is 14.8. The monoisotopic (exact) mass is 625 g/mol. The number of hydrogen-bond donors (Lipinski definition) is 4. The summed E-state index contributed by atoms with van der Waals surface area (Å²) in [6.45, 7) is 10.3. The lowest BCUT2D eigenvalue weighted by Crippen LogP contribution is -2.61. The average Bonchev–Trinajstić information content (AvgIpc) is 2.98. The maximum atomic E-state index is 11.8. The zero-order chi connectivity index (χ0) is 32.8. The molecule has 244 valence electrons. The van der Waals surface area contributed by atoms with Gasteiger partial charge in [-0.1, -0.05) is 18.2 Å². The van der Waals surface area contributed by atoms with Crippen molar-refractivity contribution in [3.05, 3.63) is 65.7 Å². The van der Waals surface area contributed by atoms with Gasteiger partial charge in [-0.3, -0.25) is 19.4 Å². The van der Waals surface area contributed by atoms with Crippen LogP contribution in [0.3, 0.4) is 0 Å². The van der Waals surface area contributed by atoms with Crippen molar-refractivity contribution in [1.29, 1.82) is 5.26 Å². The summed E-state index contributed by atoms with van der Waals surface area (Å²) < 4.78 is 17.0. The normalized spacial score (nSPS) is 18.7. The third-order valence-corrected chi connectivity index (χ3v) is 6.66. The fourth-order valence-electron chi connectivity index (χ4n) is 4.84. The average molecular weight is 626 g/mol. The van der Waals surface area contributed by atoms with Gasteiger partial charge in [0.05, 0.1) is 23.8 Å². The van der Waals surface area contributed by atoms with E-state index in [0.717, 1.165) is 32.7 Å². The molecule has 0 spiro atoms. The third kappa shape index (κ3) is 13.5. The Morgan fingerprint density at radius 2 is 1.62 bits per heavy atom.